The van der Waals surface area contributed by atoms with E-state index < -0.39 is 5.82 Å². The second-order valence-electron chi connectivity index (χ2n) is 4.36. The monoisotopic (exact) mass is 258 g/mol. The fourth-order valence-electron chi connectivity index (χ4n) is 2.02. The van der Waals surface area contributed by atoms with Crippen LogP contribution in [0.25, 0.3) is 11.1 Å². The molecule has 0 radical (unpaired) electrons. The minimum absolute atomic E-state index is 0.144. The first kappa shape index (κ1) is 13.3. The first-order valence-corrected chi connectivity index (χ1v) is 6.03. The lowest BCUT2D eigenvalue weighted by atomic mass is 10.00. The highest BCUT2D eigenvalue weighted by Crippen LogP contribution is 2.32. The van der Waals surface area contributed by atoms with Crippen molar-refractivity contribution in [3.8, 4) is 16.9 Å². The van der Waals surface area contributed by atoms with Crippen LogP contribution in [0.2, 0.25) is 0 Å². The first-order chi connectivity index (χ1) is 9.17. The highest BCUT2D eigenvalue weighted by molar-refractivity contribution is 5.69. The van der Waals surface area contributed by atoms with Crippen LogP contribution >= 0.6 is 0 Å². The van der Waals surface area contributed by atoms with E-state index in [-0.39, 0.29) is 12.2 Å². The SMILES string of the molecule is COc1c(CC=O)ccc(-c2ccc(C)cc2)c1F. The van der Waals surface area contributed by atoms with Crippen molar-refractivity contribution in [2.24, 2.45) is 0 Å². The predicted molar refractivity (Wildman–Crippen MR) is 72.9 cm³/mol. The summed E-state index contributed by atoms with van der Waals surface area (Å²) in [5, 5.41) is 0. The zero-order valence-corrected chi connectivity index (χ0v) is 10.9. The van der Waals surface area contributed by atoms with Crippen LogP contribution in [-0.2, 0) is 11.2 Å². The van der Waals surface area contributed by atoms with E-state index in [1.807, 2.05) is 31.2 Å². The number of hydrogen-bond acceptors (Lipinski definition) is 2. The summed E-state index contributed by atoms with van der Waals surface area (Å²) in [6.07, 6.45) is 0.886. The fourth-order valence-corrected chi connectivity index (χ4v) is 2.02. The van der Waals surface area contributed by atoms with Crippen molar-refractivity contribution in [1.29, 1.82) is 0 Å². The van der Waals surface area contributed by atoms with E-state index >= 15 is 0 Å². The molecule has 0 aliphatic rings. The number of methoxy groups -OCH3 is 1. The molecule has 2 nitrogen and oxygen atoms in total. The molecule has 3 heteroatoms. The van der Waals surface area contributed by atoms with E-state index in [1.165, 1.54) is 7.11 Å². The zero-order chi connectivity index (χ0) is 13.8. The molecule has 0 fully saturated rings. The molecule has 0 aromatic heterocycles. The summed E-state index contributed by atoms with van der Waals surface area (Å²) in [6, 6.07) is 11.0. The van der Waals surface area contributed by atoms with Gasteiger partial charge in [0.2, 0.25) is 0 Å². The van der Waals surface area contributed by atoms with Crippen LogP contribution in [0.5, 0.6) is 5.75 Å². The Morgan fingerprint density at radius 2 is 1.84 bits per heavy atom. The zero-order valence-electron chi connectivity index (χ0n) is 10.9. The highest BCUT2D eigenvalue weighted by Gasteiger charge is 2.14. The summed E-state index contributed by atoms with van der Waals surface area (Å²) in [6.45, 7) is 1.98. The molecule has 0 heterocycles. The van der Waals surface area contributed by atoms with Gasteiger partial charge in [-0.2, -0.15) is 0 Å². The van der Waals surface area contributed by atoms with Crippen LogP contribution in [0, 0.1) is 12.7 Å². The van der Waals surface area contributed by atoms with Crippen molar-refractivity contribution in [2.45, 2.75) is 13.3 Å². The maximum Gasteiger partial charge on any atom is 0.173 e. The molecule has 0 aliphatic heterocycles. The molecular weight excluding hydrogens is 243 g/mol. The van der Waals surface area contributed by atoms with Crippen molar-refractivity contribution in [3.63, 3.8) is 0 Å². The van der Waals surface area contributed by atoms with E-state index in [4.69, 9.17) is 4.74 Å². The molecule has 0 unspecified atom stereocenters. The molecule has 0 amide bonds. The van der Waals surface area contributed by atoms with Crippen LogP contribution in [0.15, 0.2) is 36.4 Å². The maximum absolute atomic E-state index is 14.4. The van der Waals surface area contributed by atoms with Gasteiger partial charge < -0.3 is 9.53 Å². The lowest BCUT2D eigenvalue weighted by Gasteiger charge is -2.11. The Morgan fingerprint density at radius 1 is 1.16 bits per heavy atom. The number of hydrogen-bond donors (Lipinski definition) is 0. The number of ether oxygens (including phenoxy) is 1. The summed E-state index contributed by atoms with van der Waals surface area (Å²) in [5.74, 6) is -0.282. The van der Waals surface area contributed by atoms with Crippen LogP contribution < -0.4 is 4.74 Å². The number of benzene rings is 2. The molecule has 19 heavy (non-hydrogen) atoms. The largest absolute Gasteiger partial charge is 0.493 e. The molecule has 0 bridgehead atoms. The van der Waals surface area contributed by atoms with Gasteiger partial charge in [-0.25, -0.2) is 4.39 Å². The van der Waals surface area contributed by atoms with E-state index in [0.29, 0.717) is 11.1 Å². The van der Waals surface area contributed by atoms with E-state index in [2.05, 4.69) is 0 Å². The molecule has 98 valence electrons. The smallest absolute Gasteiger partial charge is 0.173 e. The van der Waals surface area contributed by atoms with Crippen LogP contribution in [0.3, 0.4) is 0 Å². The fraction of sp³-hybridized carbons (Fsp3) is 0.188. The van der Waals surface area contributed by atoms with Gasteiger partial charge in [0.25, 0.3) is 0 Å². The van der Waals surface area contributed by atoms with Crippen LogP contribution in [0.4, 0.5) is 4.39 Å². The van der Waals surface area contributed by atoms with Crippen LogP contribution in [-0.4, -0.2) is 13.4 Å². The van der Waals surface area contributed by atoms with Crippen molar-refractivity contribution in [2.75, 3.05) is 7.11 Å². The van der Waals surface area contributed by atoms with Gasteiger partial charge in [-0.1, -0.05) is 42.0 Å². The molecule has 2 aromatic carbocycles. The van der Waals surface area contributed by atoms with Gasteiger partial charge in [0.1, 0.15) is 6.29 Å². The lowest BCUT2D eigenvalue weighted by Crippen LogP contribution is -1.98. The van der Waals surface area contributed by atoms with Crippen LogP contribution in [0.1, 0.15) is 11.1 Å². The second kappa shape index (κ2) is 5.65. The number of halogens is 1. The minimum atomic E-state index is -0.425. The third-order valence-electron chi connectivity index (χ3n) is 3.05. The molecule has 0 saturated carbocycles. The number of rotatable bonds is 4. The predicted octanol–water partition coefficient (Wildman–Crippen LogP) is 3.55. The average molecular weight is 258 g/mol. The molecule has 0 saturated heterocycles. The third-order valence-corrected chi connectivity index (χ3v) is 3.05. The molecule has 0 aliphatic carbocycles. The van der Waals surface area contributed by atoms with Gasteiger partial charge in [-0.05, 0) is 12.5 Å². The number of aryl methyl sites for hydroxylation is 1. The molecule has 0 spiro atoms. The molecule has 0 atom stereocenters. The Morgan fingerprint density at radius 3 is 2.42 bits per heavy atom. The summed E-state index contributed by atoms with van der Waals surface area (Å²) >= 11 is 0. The van der Waals surface area contributed by atoms with E-state index in [9.17, 15) is 9.18 Å². The second-order valence-corrected chi connectivity index (χ2v) is 4.36. The summed E-state index contributed by atoms with van der Waals surface area (Å²) in [5.41, 5.74) is 2.95. The summed E-state index contributed by atoms with van der Waals surface area (Å²) < 4.78 is 19.5. The van der Waals surface area contributed by atoms with Crippen molar-refractivity contribution >= 4 is 6.29 Å². The summed E-state index contributed by atoms with van der Waals surface area (Å²) in [4.78, 5) is 10.6. The highest BCUT2D eigenvalue weighted by atomic mass is 19.1. The quantitative estimate of drug-likeness (QED) is 0.784. The van der Waals surface area contributed by atoms with E-state index in [1.54, 1.807) is 12.1 Å². The lowest BCUT2D eigenvalue weighted by molar-refractivity contribution is -0.107. The Bertz CT molecular complexity index is 588. The van der Waals surface area contributed by atoms with Crippen molar-refractivity contribution in [1.82, 2.24) is 0 Å². The number of carbonyl (C=O) groups excluding carboxylic acids is 1. The molecule has 2 rings (SSSR count). The Labute approximate surface area is 111 Å². The average Bonchev–Trinajstić information content (AvgIpc) is 2.41. The minimum Gasteiger partial charge on any atom is -0.493 e. The Hall–Kier alpha value is -2.16. The van der Waals surface area contributed by atoms with Crippen molar-refractivity contribution < 1.29 is 13.9 Å². The van der Waals surface area contributed by atoms with Gasteiger partial charge >= 0.3 is 0 Å². The molecule has 0 N–H and O–H groups in total. The van der Waals surface area contributed by atoms with Gasteiger partial charge in [0, 0.05) is 17.5 Å². The Kier molecular flexibility index (Phi) is 3.95. The Balaban J connectivity index is 2.53. The summed E-state index contributed by atoms with van der Waals surface area (Å²) in [7, 11) is 1.41. The van der Waals surface area contributed by atoms with Gasteiger partial charge in [-0.15, -0.1) is 0 Å². The van der Waals surface area contributed by atoms with E-state index in [0.717, 1.165) is 17.4 Å². The van der Waals surface area contributed by atoms with Gasteiger partial charge in [0.15, 0.2) is 11.6 Å². The third kappa shape index (κ3) is 2.65. The van der Waals surface area contributed by atoms with Gasteiger partial charge in [-0.3, -0.25) is 0 Å². The molecular formula is C16H15FO2. The van der Waals surface area contributed by atoms with Gasteiger partial charge in [0.05, 0.1) is 7.11 Å². The standard InChI is InChI=1S/C16H15FO2/c1-11-3-5-12(6-4-11)14-8-7-13(9-10-18)16(19-2)15(14)17/h3-8,10H,9H2,1-2H3. The maximum atomic E-state index is 14.4. The first-order valence-electron chi connectivity index (χ1n) is 6.03. The topological polar surface area (TPSA) is 26.3 Å². The van der Waals surface area contributed by atoms with Crippen molar-refractivity contribution in [3.05, 3.63) is 53.3 Å². The normalized spacial score (nSPS) is 10.3. The molecule has 2 aromatic rings. The number of aldehydes is 1. The number of carbonyl (C=O) groups is 1.